The molecule has 28 heavy (non-hydrogen) atoms. The second-order valence-electron chi connectivity index (χ2n) is 5.44. The van der Waals surface area contributed by atoms with Crippen molar-refractivity contribution in [3.63, 3.8) is 0 Å². The van der Waals surface area contributed by atoms with E-state index in [9.17, 15) is 22.8 Å². The molecule has 2 N–H and O–H groups in total. The second-order valence-corrected chi connectivity index (χ2v) is 9.61. The van der Waals surface area contributed by atoms with Crippen LogP contribution in [0.2, 0.25) is 0 Å². The van der Waals surface area contributed by atoms with Crippen LogP contribution in [0.3, 0.4) is 0 Å². The molecule has 0 fully saturated rings. The molecule has 0 aliphatic carbocycles. The lowest BCUT2D eigenvalue weighted by Gasteiger charge is -2.08. The molecule has 0 saturated heterocycles. The van der Waals surface area contributed by atoms with Crippen LogP contribution in [0.4, 0.5) is 5.00 Å². The van der Waals surface area contributed by atoms with Gasteiger partial charge in [0.15, 0.2) is 6.61 Å². The van der Waals surface area contributed by atoms with Crippen LogP contribution in [0.1, 0.15) is 20.8 Å². The quantitative estimate of drug-likeness (QED) is 0.590. The van der Waals surface area contributed by atoms with Crippen molar-refractivity contribution in [2.45, 2.75) is 18.1 Å². The van der Waals surface area contributed by atoms with E-state index < -0.39 is 41.0 Å². The summed E-state index contributed by atoms with van der Waals surface area (Å²) >= 11 is 2.20. The third kappa shape index (κ3) is 5.38. The summed E-state index contributed by atoms with van der Waals surface area (Å²) in [6, 6.07) is 2.97. The standard InChI is InChI=1S/C16H18N2O7S3/c1-9-10(2)27-15(14(9)16(21)24-3)18-11(19)8-25-12(20)7-17-28(22,23)13-5-4-6-26-13/h4-6,17H,7-8H2,1-3H3,(H,18,19). The molecule has 2 rings (SSSR count). The molecule has 2 aromatic heterocycles. The molecule has 0 bridgehead atoms. The molecule has 0 aliphatic rings. The minimum atomic E-state index is -3.80. The van der Waals surface area contributed by atoms with Gasteiger partial charge in [-0.15, -0.1) is 22.7 Å². The molecule has 0 spiro atoms. The van der Waals surface area contributed by atoms with Gasteiger partial charge in [-0.1, -0.05) is 6.07 Å². The monoisotopic (exact) mass is 446 g/mol. The van der Waals surface area contributed by atoms with E-state index in [1.165, 1.54) is 24.5 Å². The molecule has 12 heteroatoms. The van der Waals surface area contributed by atoms with Crippen LogP contribution in [0.15, 0.2) is 21.7 Å². The Balaban J connectivity index is 1.88. The number of amides is 1. The summed E-state index contributed by atoms with van der Waals surface area (Å²) in [6.07, 6.45) is 0. The summed E-state index contributed by atoms with van der Waals surface area (Å²) < 4.78 is 35.5. The Morgan fingerprint density at radius 1 is 1.21 bits per heavy atom. The largest absolute Gasteiger partial charge is 0.465 e. The number of sulfonamides is 1. The molecular weight excluding hydrogens is 428 g/mol. The molecule has 0 aromatic carbocycles. The first kappa shape index (κ1) is 22.0. The zero-order valence-electron chi connectivity index (χ0n) is 15.2. The van der Waals surface area contributed by atoms with Crippen LogP contribution < -0.4 is 10.0 Å². The van der Waals surface area contributed by atoms with E-state index in [0.29, 0.717) is 10.6 Å². The van der Waals surface area contributed by atoms with Crippen molar-refractivity contribution in [1.82, 2.24) is 4.72 Å². The number of aryl methyl sites for hydroxylation is 1. The van der Waals surface area contributed by atoms with Gasteiger partial charge in [-0.25, -0.2) is 13.2 Å². The van der Waals surface area contributed by atoms with Crippen molar-refractivity contribution in [2.24, 2.45) is 0 Å². The number of hydrogen-bond acceptors (Lipinski definition) is 9. The van der Waals surface area contributed by atoms with Crippen molar-refractivity contribution >= 4 is 55.5 Å². The van der Waals surface area contributed by atoms with Crippen molar-refractivity contribution in [3.8, 4) is 0 Å². The molecule has 1 amide bonds. The fourth-order valence-electron chi connectivity index (χ4n) is 2.06. The number of anilines is 1. The Bertz CT molecular complexity index is 978. The predicted molar refractivity (Wildman–Crippen MR) is 104 cm³/mol. The van der Waals surface area contributed by atoms with Crippen molar-refractivity contribution in [3.05, 3.63) is 33.5 Å². The third-order valence-corrected chi connectivity index (χ3v) is 7.48. The van der Waals surface area contributed by atoms with Crippen molar-refractivity contribution < 1.29 is 32.3 Å². The highest BCUT2D eigenvalue weighted by molar-refractivity contribution is 7.91. The van der Waals surface area contributed by atoms with Gasteiger partial charge >= 0.3 is 11.9 Å². The maximum absolute atomic E-state index is 12.0. The van der Waals surface area contributed by atoms with E-state index in [2.05, 4.69) is 10.0 Å². The molecule has 0 atom stereocenters. The van der Waals surface area contributed by atoms with Gasteiger partial charge < -0.3 is 14.8 Å². The van der Waals surface area contributed by atoms with Gasteiger partial charge in [0.25, 0.3) is 15.9 Å². The molecule has 0 radical (unpaired) electrons. The molecule has 2 heterocycles. The first-order chi connectivity index (χ1) is 13.2. The number of carbonyl (C=O) groups is 3. The number of methoxy groups -OCH3 is 1. The highest BCUT2D eigenvalue weighted by atomic mass is 32.2. The van der Waals surface area contributed by atoms with Crippen molar-refractivity contribution in [1.29, 1.82) is 0 Å². The number of nitrogens with one attached hydrogen (secondary N) is 2. The lowest BCUT2D eigenvalue weighted by Crippen LogP contribution is -2.32. The molecule has 2 aromatic rings. The topological polar surface area (TPSA) is 128 Å². The summed E-state index contributed by atoms with van der Waals surface area (Å²) in [4.78, 5) is 36.4. The van der Waals surface area contributed by atoms with E-state index in [1.54, 1.807) is 25.3 Å². The molecule has 152 valence electrons. The highest BCUT2D eigenvalue weighted by Gasteiger charge is 2.22. The molecular formula is C16H18N2O7S3. The maximum Gasteiger partial charge on any atom is 0.341 e. The fourth-order valence-corrected chi connectivity index (χ4v) is 5.14. The van der Waals surface area contributed by atoms with Gasteiger partial charge in [0.05, 0.1) is 12.7 Å². The SMILES string of the molecule is COC(=O)c1c(NC(=O)COC(=O)CNS(=O)(=O)c2cccs2)sc(C)c1C. The number of hydrogen-bond donors (Lipinski definition) is 2. The lowest BCUT2D eigenvalue weighted by molar-refractivity contribution is -0.146. The normalized spacial score (nSPS) is 11.1. The van der Waals surface area contributed by atoms with Gasteiger partial charge in [-0.05, 0) is 30.9 Å². The fraction of sp³-hybridized carbons (Fsp3) is 0.312. The summed E-state index contributed by atoms with van der Waals surface area (Å²) in [7, 11) is -2.57. The van der Waals surface area contributed by atoms with Gasteiger partial charge in [0.2, 0.25) is 0 Å². The Labute approximate surface area is 169 Å². The van der Waals surface area contributed by atoms with Crippen molar-refractivity contribution in [2.75, 3.05) is 25.6 Å². The average Bonchev–Trinajstić information content (AvgIpc) is 3.28. The zero-order valence-corrected chi connectivity index (χ0v) is 17.7. The van der Waals surface area contributed by atoms with E-state index in [4.69, 9.17) is 9.47 Å². The summed E-state index contributed by atoms with van der Waals surface area (Å²) in [5, 5.41) is 4.39. The summed E-state index contributed by atoms with van der Waals surface area (Å²) in [6.45, 7) is 2.28. The highest BCUT2D eigenvalue weighted by Crippen LogP contribution is 2.32. The minimum Gasteiger partial charge on any atom is -0.465 e. The predicted octanol–water partition coefficient (Wildman–Crippen LogP) is 1.67. The molecule has 9 nitrogen and oxygen atoms in total. The van der Waals surface area contributed by atoms with Crippen LogP contribution >= 0.6 is 22.7 Å². The number of ether oxygens (including phenoxy) is 2. The van der Waals surface area contributed by atoms with E-state index >= 15 is 0 Å². The van der Waals surface area contributed by atoms with E-state index in [1.807, 2.05) is 0 Å². The van der Waals surface area contributed by atoms with Crippen LogP contribution in [-0.4, -0.2) is 46.5 Å². The summed E-state index contributed by atoms with van der Waals surface area (Å²) in [5.41, 5.74) is 0.931. The molecule has 0 unspecified atom stereocenters. The molecule has 0 aliphatic heterocycles. The Hall–Kier alpha value is -2.28. The zero-order chi connectivity index (χ0) is 20.9. The number of rotatable bonds is 8. The van der Waals surface area contributed by atoms with Gasteiger partial charge in [0, 0.05) is 4.88 Å². The lowest BCUT2D eigenvalue weighted by atomic mass is 10.1. The van der Waals surface area contributed by atoms with Crippen LogP contribution in [0, 0.1) is 13.8 Å². The average molecular weight is 447 g/mol. The Kier molecular flexibility index (Phi) is 7.29. The van der Waals surface area contributed by atoms with Crippen LogP contribution in [-0.2, 0) is 29.1 Å². The third-order valence-electron chi connectivity index (χ3n) is 3.56. The number of thiophene rings is 2. The van der Waals surface area contributed by atoms with Crippen LogP contribution in [0.5, 0.6) is 0 Å². The summed E-state index contributed by atoms with van der Waals surface area (Å²) in [5.74, 6) is -2.17. The Morgan fingerprint density at radius 2 is 1.93 bits per heavy atom. The van der Waals surface area contributed by atoms with E-state index in [0.717, 1.165) is 16.2 Å². The Morgan fingerprint density at radius 3 is 2.54 bits per heavy atom. The second kappa shape index (κ2) is 9.28. The van der Waals surface area contributed by atoms with E-state index in [-0.39, 0.29) is 9.77 Å². The smallest absolute Gasteiger partial charge is 0.341 e. The van der Waals surface area contributed by atoms with Crippen LogP contribution in [0.25, 0.3) is 0 Å². The molecule has 0 saturated carbocycles. The van der Waals surface area contributed by atoms with Gasteiger partial charge in [-0.3, -0.25) is 9.59 Å². The number of carbonyl (C=O) groups excluding carboxylic acids is 3. The first-order valence-corrected chi connectivity index (χ1v) is 11.0. The first-order valence-electron chi connectivity index (χ1n) is 7.82. The number of esters is 2. The minimum absolute atomic E-state index is 0.0665. The van der Waals surface area contributed by atoms with Gasteiger partial charge in [-0.2, -0.15) is 4.72 Å². The van der Waals surface area contributed by atoms with Gasteiger partial charge in [0.1, 0.15) is 15.8 Å². The maximum atomic E-state index is 12.0.